The van der Waals surface area contributed by atoms with Crippen molar-refractivity contribution in [2.75, 3.05) is 49.6 Å². The van der Waals surface area contributed by atoms with Crippen molar-refractivity contribution in [2.45, 2.75) is 26.3 Å². The van der Waals surface area contributed by atoms with E-state index in [1.807, 2.05) is 12.1 Å². The summed E-state index contributed by atoms with van der Waals surface area (Å²) < 4.78 is 10.8. The van der Waals surface area contributed by atoms with Gasteiger partial charge < -0.3 is 19.5 Å². The normalized spacial score (nSPS) is 18.2. The lowest BCUT2D eigenvalue weighted by Crippen LogP contribution is -2.37. The maximum Gasteiger partial charge on any atom is 0.278 e. The lowest BCUT2D eigenvalue weighted by atomic mass is 9.99. The number of aromatic nitrogens is 3. The summed E-state index contributed by atoms with van der Waals surface area (Å²) in [5.41, 5.74) is 2.45. The third-order valence-electron chi connectivity index (χ3n) is 6.27. The number of morpholine rings is 1. The number of hydrogen-bond acceptors (Lipinski definition) is 8. The van der Waals surface area contributed by atoms with Gasteiger partial charge in [-0.25, -0.2) is 4.98 Å². The van der Waals surface area contributed by atoms with Crippen LogP contribution in [0.3, 0.4) is 0 Å². The molecule has 0 aliphatic carbocycles. The van der Waals surface area contributed by atoms with Crippen molar-refractivity contribution in [3.63, 3.8) is 0 Å². The maximum absolute atomic E-state index is 13.0. The van der Waals surface area contributed by atoms with Crippen LogP contribution in [0.5, 0.6) is 0 Å². The average Bonchev–Trinajstić information content (AvgIpc) is 3.27. The van der Waals surface area contributed by atoms with Gasteiger partial charge >= 0.3 is 0 Å². The minimum absolute atomic E-state index is 0.189. The molecule has 2 saturated heterocycles. The van der Waals surface area contributed by atoms with Crippen LogP contribution in [0.2, 0.25) is 0 Å². The molecule has 5 rings (SSSR count). The summed E-state index contributed by atoms with van der Waals surface area (Å²) in [7, 11) is 0. The Kier molecular flexibility index (Phi) is 6.00. The van der Waals surface area contributed by atoms with Crippen LogP contribution in [0.4, 0.5) is 11.5 Å². The average molecular weight is 437 g/mol. The summed E-state index contributed by atoms with van der Waals surface area (Å²) in [6.45, 7) is 8.16. The van der Waals surface area contributed by atoms with Crippen LogP contribution in [0.25, 0.3) is 11.1 Å². The highest BCUT2D eigenvalue weighted by atomic mass is 16.5. The van der Waals surface area contributed by atoms with Gasteiger partial charge in [-0.15, -0.1) is 0 Å². The van der Waals surface area contributed by atoms with E-state index in [1.54, 1.807) is 0 Å². The predicted octanol–water partition coefficient (Wildman–Crippen LogP) is 2.94. The van der Waals surface area contributed by atoms with Gasteiger partial charge in [0.1, 0.15) is 17.5 Å². The first-order chi connectivity index (χ1) is 15.7. The molecule has 4 heterocycles. The highest BCUT2D eigenvalue weighted by molar-refractivity contribution is 6.12. The molecule has 0 unspecified atom stereocenters. The number of benzene rings is 1. The SMILES string of the molecule is CC1CCN(Cc2ccc(NC(=O)c3noc4ncnc(N5CCOCC5)c34)cc2)CC1. The molecule has 2 aromatic heterocycles. The van der Waals surface area contributed by atoms with E-state index in [1.165, 1.54) is 24.7 Å². The Bertz CT molecular complexity index is 1070. The summed E-state index contributed by atoms with van der Waals surface area (Å²) >= 11 is 0. The van der Waals surface area contributed by atoms with E-state index in [-0.39, 0.29) is 11.6 Å². The van der Waals surface area contributed by atoms with Crippen LogP contribution in [-0.4, -0.2) is 65.3 Å². The van der Waals surface area contributed by atoms with Crippen molar-refractivity contribution >= 4 is 28.5 Å². The van der Waals surface area contributed by atoms with Crippen LogP contribution in [0.15, 0.2) is 35.1 Å². The van der Waals surface area contributed by atoms with Gasteiger partial charge in [-0.3, -0.25) is 9.69 Å². The molecule has 9 heteroatoms. The van der Waals surface area contributed by atoms with Crippen LogP contribution in [-0.2, 0) is 11.3 Å². The van der Waals surface area contributed by atoms with E-state index in [0.717, 1.165) is 25.6 Å². The third-order valence-corrected chi connectivity index (χ3v) is 6.27. The largest absolute Gasteiger partial charge is 0.378 e. The quantitative estimate of drug-likeness (QED) is 0.652. The highest BCUT2D eigenvalue weighted by Gasteiger charge is 2.25. The minimum atomic E-state index is -0.342. The number of anilines is 2. The Morgan fingerprint density at radius 2 is 1.84 bits per heavy atom. The van der Waals surface area contributed by atoms with Crippen LogP contribution in [0.1, 0.15) is 35.8 Å². The predicted molar refractivity (Wildman–Crippen MR) is 121 cm³/mol. The number of carbonyl (C=O) groups excluding carboxylic acids is 1. The molecule has 0 spiro atoms. The smallest absolute Gasteiger partial charge is 0.278 e. The van der Waals surface area contributed by atoms with Crippen LogP contribution in [0, 0.1) is 5.92 Å². The lowest BCUT2D eigenvalue weighted by Gasteiger charge is -2.30. The molecule has 32 heavy (non-hydrogen) atoms. The zero-order valence-corrected chi connectivity index (χ0v) is 18.3. The molecule has 1 aromatic carbocycles. The molecule has 3 aromatic rings. The van der Waals surface area contributed by atoms with Crippen molar-refractivity contribution in [2.24, 2.45) is 5.92 Å². The second-order valence-corrected chi connectivity index (χ2v) is 8.62. The van der Waals surface area contributed by atoms with Gasteiger partial charge in [-0.1, -0.05) is 24.2 Å². The van der Waals surface area contributed by atoms with E-state index in [2.05, 4.69) is 49.3 Å². The standard InChI is InChI=1S/C23H28N6O3/c1-16-6-8-28(9-7-16)14-17-2-4-18(5-3-17)26-22(30)20-19-21(29-10-12-31-13-11-29)24-15-25-23(19)32-27-20/h2-5,15-16H,6-14H2,1H3,(H,26,30). The van der Waals surface area contributed by atoms with Crippen molar-refractivity contribution < 1.29 is 14.1 Å². The fourth-order valence-electron chi connectivity index (χ4n) is 4.30. The summed E-state index contributed by atoms with van der Waals surface area (Å²) in [4.78, 5) is 26.1. The summed E-state index contributed by atoms with van der Waals surface area (Å²) in [6, 6.07) is 8.00. The third kappa shape index (κ3) is 4.44. The molecule has 2 aliphatic heterocycles. The number of nitrogens with one attached hydrogen (secondary N) is 1. The fourth-order valence-corrected chi connectivity index (χ4v) is 4.30. The van der Waals surface area contributed by atoms with E-state index >= 15 is 0 Å². The van der Waals surface area contributed by atoms with Crippen LogP contribution < -0.4 is 10.2 Å². The van der Waals surface area contributed by atoms with E-state index in [0.29, 0.717) is 48.9 Å². The molecular weight excluding hydrogens is 408 g/mol. The molecule has 2 aliphatic rings. The number of carbonyl (C=O) groups is 1. The Morgan fingerprint density at radius 3 is 2.59 bits per heavy atom. The fraction of sp³-hybridized carbons (Fsp3) is 0.478. The van der Waals surface area contributed by atoms with Gasteiger partial charge in [0.2, 0.25) is 0 Å². The number of fused-ring (bicyclic) bond motifs is 1. The number of nitrogens with zero attached hydrogens (tertiary/aromatic N) is 5. The Labute approximate surface area is 186 Å². The van der Waals surface area contributed by atoms with E-state index in [9.17, 15) is 4.79 Å². The summed E-state index contributed by atoms with van der Waals surface area (Å²) in [6.07, 6.45) is 3.95. The Balaban J connectivity index is 1.29. The van der Waals surface area contributed by atoms with Gasteiger partial charge in [-0.05, 0) is 49.5 Å². The van der Waals surface area contributed by atoms with Gasteiger partial charge in [0.15, 0.2) is 5.69 Å². The number of hydrogen-bond donors (Lipinski definition) is 1. The molecule has 0 bridgehead atoms. The molecule has 0 atom stereocenters. The van der Waals surface area contributed by atoms with E-state index < -0.39 is 0 Å². The van der Waals surface area contributed by atoms with Crippen molar-refractivity contribution in [1.82, 2.24) is 20.0 Å². The molecular formula is C23H28N6O3. The summed E-state index contributed by atoms with van der Waals surface area (Å²) in [5, 5.41) is 7.45. The monoisotopic (exact) mass is 436 g/mol. The lowest BCUT2D eigenvalue weighted by molar-refractivity contribution is 0.102. The minimum Gasteiger partial charge on any atom is -0.378 e. The second kappa shape index (κ2) is 9.22. The van der Waals surface area contributed by atoms with Gasteiger partial charge in [-0.2, -0.15) is 4.98 Å². The first-order valence-corrected chi connectivity index (χ1v) is 11.2. The molecule has 9 nitrogen and oxygen atoms in total. The molecule has 0 radical (unpaired) electrons. The molecule has 0 saturated carbocycles. The first-order valence-electron chi connectivity index (χ1n) is 11.2. The molecule has 1 N–H and O–H groups in total. The van der Waals surface area contributed by atoms with Crippen molar-refractivity contribution in [3.05, 3.63) is 41.9 Å². The first kappa shape index (κ1) is 20.8. The van der Waals surface area contributed by atoms with Gasteiger partial charge in [0.25, 0.3) is 11.6 Å². The number of piperidine rings is 1. The zero-order chi connectivity index (χ0) is 21.9. The second-order valence-electron chi connectivity index (χ2n) is 8.62. The van der Waals surface area contributed by atoms with Gasteiger partial charge in [0.05, 0.1) is 13.2 Å². The molecule has 168 valence electrons. The number of ether oxygens (including phenoxy) is 1. The number of rotatable bonds is 5. The Hall–Kier alpha value is -3.04. The highest BCUT2D eigenvalue weighted by Crippen LogP contribution is 2.28. The van der Waals surface area contributed by atoms with E-state index in [4.69, 9.17) is 9.26 Å². The molecule has 1 amide bonds. The topological polar surface area (TPSA) is 96.6 Å². The maximum atomic E-state index is 13.0. The number of likely N-dealkylation sites (tertiary alicyclic amines) is 1. The van der Waals surface area contributed by atoms with Crippen molar-refractivity contribution in [3.8, 4) is 0 Å². The summed E-state index contributed by atoms with van der Waals surface area (Å²) in [5.74, 6) is 1.13. The molecule has 2 fully saturated rings. The van der Waals surface area contributed by atoms with Crippen molar-refractivity contribution in [1.29, 1.82) is 0 Å². The van der Waals surface area contributed by atoms with Gasteiger partial charge in [0, 0.05) is 25.3 Å². The van der Waals surface area contributed by atoms with Crippen LogP contribution >= 0.6 is 0 Å². The zero-order valence-electron chi connectivity index (χ0n) is 18.3. The number of amides is 1. The Morgan fingerprint density at radius 1 is 1.09 bits per heavy atom.